The van der Waals surface area contributed by atoms with Crippen molar-refractivity contribution in [1.82, 2.24) is 4.90 Å². The van der Waals surface area contributed by atoms with Crippen LogP contribution in [0, 0.1) is 18.8 Å². The maximum absolute atomic E-state index is 12.6. The van der Waals surface area contributed by atoms with Gasteiger partial charge in [0, 0.05) is 35.5 Å². The summed E-state index contributed by atoms with van der Waals surface area (Å²) in [7, 11) is 0. The van der Waals surface area contributed by atoms with E-state index >= 15 is 0 Å². The highest BCUT2D eigenvalue weighted by Crippen LogP contribution is 2.18. The molecule has 0 bridgehead atoms. The monoisotopic (exact) mass is 419 g/mol. The van der Waals surface area contributed by atoms with Gasteiger partial charge >= 0.3 is 5.97 Å². The van der Waals surface area contributed by atoms with Crippen molar-refractivity contribution >= 4 is 23.5 Å². The number of amides is 2. The molecule has 2 aromatic rings. The second kappa shape index (κ2) is 9.81. The second-order valence-corrected chi connectivity index (χ2v) is 7.50. The van der Waals surface area contributed by atoms with Gasteiger partial charge in [0.05, 0.1) is 6.54 Å². The zero-order valence-electron chi connectivity index (χ0n) is 17.4. The van der Waals surface area contributed by atoms with Crippen molar-refractivity contribution in [2.24, 2.45) is 5.73 Å². The van der Waals surface area contributed by atoms with E-state index in [1.807, 2.05) is 17.9 Å². The molecule has 0 aromatic heterocycles. The van der Waals surface area contributed by atoms with E-state index in [1.165, 1.54) is 0 Å². The predicted octanol–water partition coefficient (Wildman–Crippen LogP) is 2.27. The van der Waals surface area contributed by atoms with E-state index in [4.69, 9.17) is 5.73 Å². The lowest BCUT2D eigenvalue weighted by atomic mass is 10.0. The Morgan fingerprint density at radius 1 is 1.13 bits per heavy atom. The molecular weight excluding hydrogens is 394 g/mol. The number of aryl methyl sites for hydroxylation is 1. The number of aliphatic carboxylic acids is 1. The second-order valence-electron chi connectivity index (χ2n) is 7.50. The lowest BCUT2D eigenvalue weighted by Crippen LogP contribution is -2.30. The molecule has 2 amide bonds. The molecule has 3 N–H and O–H groups in total. The minimum atomic E-state index is -1.01. The molecular formula is C24H25N3O4. The molecule has 7 heteroatoms. The van der Waals surface area contributed by atoms with Gasteiger partial charge in [-0.25, -0.2) is 0 Å². The topological polar surface area (TPSA) is 104 Å². The van der Waals surface area contributed by atoms with Crippen molar-refractivity contribution in [3.8, 4) is 11.8 Å². The van der Waals surface area contributed by atoms with Crippen LogP contribution in [0.1, 0.15) is 44.7 Å². The molecule has 7 nitrogen and oxygen atoms in total. The highest BCUT2D eigenvalue weighted by molar-refractivity contribution is 5.96. The third-order valence-corrected chi connectivity index (χ3v) is 5.17. The van der Waals surface area contributed by atoms with E-state index in [-0.39, 0.29) is 19.0 Å². The number of carboxylic acids is 1. The summed E-state index contributed by atoms with van der Waals surface area (Å²) in [5.74, 6) is 4.48. The minimum Gasteiger partial charge on any atom is -0.480 e. The Bertz CT molecular complexity index is 1060. The summed E-state index contributed by atoms with van der Waals surface area (Å²) in [5.41, 5.74) is 8.46. The Kier molecular flexibility index (Phi) is 6.93. The largest absolute Gasteiger partial charge is 0.480 e. The van der Waals surface area contributed by atoms with Crippen LogP contribution in [0.5, 0.6) is 0 Å². The Morgan fingerprint density at radius 2 is 1.87 bits per heavy atom. The van der Waals surface area contributed by atoms with Crippen LogP contribution in [-0.4, -0.2) is 54.0 Å². The van der Waals surface area contributed by atoms with Crippen LogP contribution in [0.4, 0.5) is 5.69 Å². The van der Waals surface area contributed by atoms with Crippen LogP contribution < -0.4 is 10.6 Å². The fraction of sp³-hybridized carbons (Fsp3) is 0.292. The first-order valence-corrected chi connectivity index (χ1v) is 10.1. The lowest BCUT2D eigenvalue weighted by Gasteiger charge is -2.20. The van der Waals surface area contributed by atoms with Gasteiger partial charge in [-0.15, -0.1) is 0 Å². The van der Waals surface area contributed by atoms with Crippen LogP contribution in [0.3, 0.4) is 0 Å². The number of likely N-dealkylation sites (tertiary alicyclic amines) is 1. The first-order chi connectivity index (χ1) is 14.8. The number of primary amides is 1. The fourth-order valence-corrected chi connectivity index (χ4v) is 3.57. The van der Waals surface area contributed by atoms with E-state index in [0.717, 1.165) is 37.1 Å². The summed E-state index contributed by atoms with van der Waals surface area (Å²) in [6.45, 7) is 3.38. The molecule has 160 valence electrons. The molecule has 0 aliphatic carbocycles. The molecule has 0 spiro atoms. The zero-order chi connectivity index (χ0) is 22.4. The van der Waals surface area contributed by atoms with Gasteiger partial charge in [-0.1, -0.05) is 17.9 Å². The predicted molar refractivity (Wildman–Crippen MR) is 118 cm³/mol. The molecule has 1 aliphatic rings. The van der Waals surface area contributed by atoms with E-state index in [9.17, 15) is 19.5 Å². The zero-order valence-corrected chi connectivity index (χ0v) is 17.4. The van der Waals surface area contributed by atoms with Crippen LogP contribution in [0.15, 0.2) is 42.5 Å². The van der Waals surface area contributed by atoms with E-state index in [1.54, 1.807) is 41.3 Å². The SMILES string of the molecule is Cc1cc(C#CCN(CC(=O)O)c2cccc(C(N)=O)c2)ccc1C(=O)N1CCCC1. The molecule has 0 unspecified atom stereocenters. The fourth-order valence-electron chi connectivity index (χ4n) is 3.57. The van der Waals surface area contributed by atoms with Gasteiger partial charge in [-0.3, -0.25) is 14.4 Å². The molecule has 0 radical (unpaired) electrons. The van der Waals surface area contributed by atoms with Crippen LogP contribution >= 0.6 is 0 Å². The number of carbonyl (C=O) groups is 3. The van der Waals surface area contributed by atoms with Crippen LogP contribution in [-0.2, 0) is 4.79 Å². The van der Waals surface area contributed by atoms with E-state index in [0.29, 0.717) is 16.8 Å². The van der Waals surface area contributed by atoms with Crippen LogP contribution in [0.2, 0.25) is 0 Å². The summed E-state index contributed by atoms with van der Waals surface area (Å²) in [6, 6.07) is 12.0. The third kappa shape index (κ3) is 5.64. The number of benzene rings is 2. The summed E-state index contributed by atoms with van der Waals surface area (Å²) >= 11 is 0. The van der Waals surface area contributed by atoms with Gasteiger partial charge in [0.15, 0.2) is 0 Å². The number of carboxylic acid groups (broad SMARTS) is 1. The minimum absolute atomic E-state index is 0.0523. The molecule has 2 aromatic carbocycles. The Labute approximate surface area is 181 Å². The van der Waals surface area contributed by atoms with Crippen molar-refractivity contribution in [2.45, 2.75) is 19.8 Å². The van der Waals surface area contributed by atoms with Gasteiger partial charge in [0.2, 0.25) is 5.91 Å². The van der Waals surface area contributed by atoms with Gasteiger partial charge in [-0.2, -0.15) is 0 Å². The van der Waals surface area contributed by atoms with Gasteiger partial charge < -0.3 is 20.6 Å². The molecule has 0 atom stereocenters. The third-order valence-electron chi connectivity index (χ3n) is 5.17. The van der Waals surface area contributed by atoms with Gasteiger partial charge in [0.1, 0.15) is 6.54 Å². The quantitative estimate of drug-likeness (QED) is 0.699. The van der Waals surface area contributed by atoms with E-state index in [2.05, 4.69) is 11.8 Å². The smallest absolute Gasteiger partial charge is 0.323 e. The number of rotatable bonds is 6. The normalized spacial score (nSPS) is 12.7. The van der Waals surface area contributed by atoms with Crippen molar-refractivity contribution in [3.05, 3.63) is 64.7 Å². The number of anilines is 1. The summed E-state index contributed by atoms with van der Waals surface area (Å²) in [6.07, 6.45) is 2.09. The van der Waals surface area contributed by atoms with Crippen molar-refractivity contribution in [2.75, 3.05) is 31.1 Å². The number of nitrogens with zero attached hydrogens (tertiary/aromatic N) is 2. The molecule has 3 rings (SSSR count). The molecule has 1 heterocycles. The summed E-state index contributed by atoms with van der Waals surface area (Å²) in [5, 5.41) is 9.23. The summed E-state index contributed by atoms with van der Waals surface area (Å²) < 4.78 is 0. The van der Waals surface area contributed by atoms with E-state index < -0.39 is 11.9 Å². The Balaban J connectivity index is 1.75. The van der Waals surface area contributed by atoms with Crippen LogP contribution in [0.25, 0.3) is 0 Å². The first-order valence-electron chi connectivity index (χ1n) is 10.1. The van der Waals surface area contributed by atoms with Gasteiger partial charge in [-0.05, 0) is 61.7 Å². The average Bonchev–Trinajstić information content (AvgIpc) is 3.27. The number of hydrogen-bond acceptors (Lipinski definition) is 4. The highest BCUT2D eigenvalue weighted by atomic mass is 16.4. The van der Waals surface area contributed by atoms with Gasteiger partial charge in [0.25, 0.3) is 5.91 Å². The number of hydrogen-bond donors (Lipinski definition) is 2. The number of nitrogens with two attached hydrogens (primary N) is 1. The standard InChI is InChI=1S/C24H25N3O4/c1-17-14-18(9-10-21(17)24(31)26-11-2-3-12-26)6-5-13-27(16-22(28)29)20-8-4-7-19(15-20)23(25)30/h4,7-10,14-15H,2-3,11-13,16H2,1H3,(H2,25,30)(H,28,29). The van der Waals surface area contributed by atoms with Crippen molar-refractivity contribution < 1.29 is 19.5 Å². The maximum atomic E-state index is 12.6. The molecule has 1 fully saturated rings. The Morgan fingerprint density at radius 3 is 2.52 bits per heavy atom. The maximum Gasteiger partial charge on any atom is 0.323 e. The van der Waals surface area contributed by atoms with Crippen molar-refractivity contribution in [3.63, 3.8) is 0 Å². The molecule has 1 saturated heterocycles. The lowest BCUT2D eigenvalue weighted by molar-refractivity contribution is -0.135. The Hall–Kier alpha value is -3.79. The average molecular weight is 419 g/mol. The molecule has 0 saturated carbocycles. The summed E-state index contributed by atoms with van der Waals surface area (Å²) in [4.78, 5) is 38.7. The molecule has 1 aliphatic heterocycles. The highest BCUT2D eigenvalue weighted by Gasteiger charge is 2.20. The molecule has 31 heavy (non-hydrogen) atoms. The number of carbonyl (C=O) groups excluding carboxylic acids is 2. The first kappa shape index (κ1) is 21.9. The van der Waals surface area contributed by atoms with Crippen molar-refractivity contribution in [1.29, 1.82) is 0 Å².